The van der Waals surface area contributed by atoms with Crippen molar-refractivity contribution in [1.29, 1.82) is 0 Å². The lowest BCUT2D eigenvalue weighted by molar-refractivity contribution is -0.133. The Labute approximate surface area is 117 Å². The molecule has 19 heavy (non-hydrogen) atoms. The number of fused-ring (bicyclic) bond motifs is 1. The lowest BCUT2D eigenvalue weighted by atomic mass is 10.0. The quantitative estimate of drug-likeness (QED) is 0.819. The van der Waals surface area contributed by atoms with Crippen LogP contribution in [0.25, 0.3) is 0 Å². The fourth-order valence-electron chi connectivity index (χ4n) is 2.72. The van der Waals surface area contributed by atoms with Crippen LogP contribution in [0.15, 0.2) is 41.8 Å². The molecule has 1 aliphatic heterocycles. The Kier molecular flexibility index (Phi) is 3.38. The average Bonchev–Trinajstić information content (AvgIpc) is 2.89. The summed E-state index contributed by atoms with van der Waals surface area (Å²) in [5.74, 6) is 0.232. The van der Waals surface area contributed by atoms with Gasteiger partial charge in [0.25, 0.3) is 0 Å². The van der Waals surface area contributed by atoms with Crippen molar-refractivity contribution in [3.05, 3.63) is 57.8 Å². The first-order valence-electron chi connectivity index (χ1n) is 6.65. The van der Waals surface area contributed by atoms with E-state index >= 15 is 0 Å². The zero-order valence-corrected chi connectivity index (χ0v) is 11.8. The van der Waals surface area contributed by atoms with Crippen LogP contribution < -0.4 is 0 Å². The molecule has 2 aromatic rings. The van der Waals surface area contributed by atoms with Crippen LogP contribution >= 0.6 is 11.3 Å². The standard InChI is InChI=1S/C16H17NOS/c1-12-14-8-10-19-15(14)7-9-17(12)16(18)11-13-5-3-2-4-6-13/h2-6,8,10,12H,7,9,11H2,1H3/t12-/m1/s1. The molecule has 3 rings (SSSR count). The SMILES string of the molecule is C[C@@H]1c2ccsc2CCN1C(=O)Cc1ccccc1. The first-order chi connectivity index (χ1) is 9.25. The summed E-state index contributed by atoms with van der Waals surface area (Å²) >= 11 is 1.81. The molecule has 0 unspecified atom stereocenters. The maximum Gasteiger partial charge on any atom is 0.227 e. The summed E-state index contributed by atoms with van der Waals surface area (Å²) < 4.78 is 0. The van der Waals surface area contributed by atoms with Crippen molar-refractivity contribution in [2.75, 3.05) is 6.54 Å². The number of carbonyl (C=O) groups excluding carboxylic acids is 1. The smallest absolute Gasteiger partial charge is 0.227 e. The molecule has 2 heterocycles. The molecule has 1 atom stereocenters. The van der Waals surface area contributed by atoms with Crippen molar-refractivity contribution in [2.45, 2.75) is 25.8 Å². The molecular weight excluding hydrogens is 254 g/mol. The first kappa shape index (κ1) is 12.4. The van der Waals surface area contributed by atoms with E-state index in [-0.39, 0.29) is 11.9 Å². The molecule has 1 aliphatic rings. The number of rotatable bonds is 2. The number of nitrogens with zero attached hydrogens (tertiary/aromatic N) is 1. The topological polar surface area (TPSA) is 20.3 Å². The normalized spacial score (nSPS) is 18.2. The first-order valence-corrected chi connectivity index (χ1v) is 7.53. The van der Waals surface area contributed by atoms with Crippen LogP contribution in [0.4, 0.5) is 0 Å². The van der Waals surface area contributed by atoms with E-state index in [0.29, 0.717) is 6.42 Å². The third kappa shape index (κ3) is 2.43. The van der Waals surface area contributed by atoms with Crippen LogP contribution in [0.3, 0.4) is 0 Å². The number of thiophene rings is 1. The van der Waals surface area contributed by atoms with Crippen LogP contribution in [0.2, 0.25) is 0 Å². The van der Waals surface area contributed by atoms with Crippen molar-refractivity contribution in [3.8, 4) is 0 Å². The minimum atomic E-state index is 0.214. The second-order valence-corrected chi connectivity index (χ2v) is 5.98. The van der Waals surface area contributed by atoms with Gasteiger partial charge in [-0.25, -0.2) is 0 Å². The Morgan fingerprint density at radius 3 is 2.89 bits per heavy atom. The van der Waals surface area contributed by atoms with E-state index in [4.69, 9.17) is 0 Å². The Morgan fingerprint density at radius 2 is 2.11 bits per heavy atom. The Bertz CT molecular complexity index is 575. The average molecular weight is 271 g/mol. The number of benzene rings is 1. The fraction of sp³-hybridized carbons (Fsp3) is 0.312. The minimum absolute atomic E-state index is 0.214. The molecule has 1 amide bonds. The second kappa shape index (κ2) is 5.17. The molecule has 0 aliphatic carbocycles. The molecule has 0 spiro atoms. The van der Waals surface area contributed by atoms with Gasteiger partial charge >= 0.3 is 0 Å². The molecule has 1 aromatic heterocycles. The second-order valence-electron chi connectivity index (χ2n) is 4.97. The van der Waals surface area contributed by atoms with Crippen molar-refractivity contribution in [1.82, 2.24) is 4.90 Å². The molecule has 98 valence electrons. The summed E-state index contributed by atoms with van der Waals surface area (Å²) in [6.07, 6.45) is 1.50. The maximum atomic E-state index is 12.4. The highest BCUT2D eigenvalue weighted by molar-refractivity contribution is 7.10. The van der Waals surface area contributed by atoms with E-state index in [1.807, 2.05) is 46.6 Å². The van der Waals surface area contributed by atoms with Crippen molar-refractivity contribution in [2.24, 2.45) is 0 Å². The lowest BCUT2D eigenvalue weighted by Crippen LogP contribution is -2.39. The molecule has 0 radical (unpaired) electrons. The minimum Gasteiger partial charge on any atom is -0.335 e. The number of amides is 1. The van der Waals surface area contributed by atoms with Gasteiger partial charge in [0.05, 0.1) is 12.5 Å². The monoisotopic (exact) mass is 271 g/mol. The van der Waals surface area contributed by atoms with Crippen LogP contribution in [0.5, 0.6) is 0 Å². The summed E-state index contributed by atoms with van der Waals surface area (Å²) in [5.41, 5.74) is 2.42. The van der Waals surface area contributed by atoms with Gasteiger partial charge in [0, 0.05) is 11.4 Å². The summed E-state index contributed by atoms with van der Waals surface area (Å²) in [4.78, 5) is 15.9. The zero-order valence-electron chi connectivity index (χ0n) is 11.0. The summed E-state index contributed by atoms with van der Waals surface area (Å²) in [5, 5.41) is 2.13. The highest BCUT2D eigenvalue weighted by atomic mass is 32.1. The zero-order chi connectivity index (χ0) is 13.2. The van der Waals surface area contributed by atoms with E-state index in [1.165, 1.54) is 10.4 Å². The number of hydrogen-bond acceptors (Lipinski definition) is 2. The molecule has 0 N–H and O–H groups in total. The van der Waals surface area contributed by atoms with Crippen molar-refractivity contribution >= 4 is 17.2 Å². The van der Waals surface area contributed by atoms with Crippen molar-refractivity contribution < 1.29 is 4.79 Å². The molecule has 0 saturated carbocycles. The van der Waals surface area contributed by atoms with Crippen LogP contribution in [0.1, 0.15) is 29.0 Å². The number of hydrogen-bond donors (Lipinski definition) is 0. The summed E-state index contributed by atoms with van der Waals surface area (Å²) in [6.45, 7) is 2.98. The molecule has 0 fully saturated rings. The van der Waals surface area contributed by atoms with Gasteiger partial charge in [-0.1, -0.05) is 30.3 Å². The van der Waals surface area contributed by atoms with Gasteiger partial charge in [0.2, 0.25) is 5.91 Å². The van der Waals surface area contributed by atoms with Gasteiger partial charge in [-0.3, -0.25) is 4.79 Å². The molecule has 3 heteroatoms. The highest BCUT2D eigenvalue weighted by Gasteiger charge is 2.27. The highest BCUT2D eigenvalue weighted by Crippen LogP contribution is 2.33. The maximum absolute atomic E-state index is 12.4. The lowest BCUT2D eigenvalue weighted by Gasteiger charge is -2.33. The van der Waals surface area contributed by atoms with Crippen molar-refractivity contribution in [3.63, 3.8) is 0 Å². The molecule has 1 aromatic carbocycles. The summed E-state index contributed by atoms with van der Waals surface area (Å²) in [7, 11) is 0. The van der Waals surface area contributed by atoms with Gasteiger partial charge in [0.15, 0.2) is 0 Å². The van der Waals surface area contributed by atoms with Crippen LogP contribution in [-0.2, 0) is 17.6 Å². The van der Waals surface area contributed by atoms with E-state index in [9.17, 15) is 4.79 Å². The third-order valence-corrected chi connectivity index (χ3v) is 4.79. The van der Waals surface area contributed by atoms with E-state index in [2.05, 4.69) is 18.4 Å². The molecule has 2 nitrogen and oxygen atoms in total. The van der Waals surface area contributed by atoms with Gasteiger partial charge in [-0.05, 0) is 35.9 Å². The predicted octanol–water partition coefficient (Wildman–Crippen LogP) is 3.44. The predicted molar refractivity (Wildman–Crippen MR) is 78.3 cm³/mol. The Balaban J connectivity index is 1.75. The van der Waals surface area contributed by atoms with Gasteiger partial charge in [-0.15, -0.1) is 11.3 Å². The molecular formula is C16H17NOS. The van der Waals surface area contributed by atoms with Gasteiger partial charge in [-0.2, -0.15) is 0 Å². The summed E-state index contributed by atoms with van der Waals surface area (Å²) in [6, 6.07) is 12.4. The number of carbonyl (C=O) groups is 1. The van der Waals surface area contributed by atoms with Gasteiger partial charge < -0.3 is 4.90 Å². The Morgan fingerprint density at radius 1 is 1.32 bits per heavy atom. The fourth-order valence-corrected chi connectivity index (χ4v) is 3.68. The Hall–Kier alpha value is -1.61. The van der Waals surface area contributed by atoms with E-state index in [0.717, 1.165) is 18.5 Å². The van der Waals surface area contributed by atoms with Crippen LogP contribution in [-0.4, -0.2) is 17.4 Å². The molecule has 0 bridgehead atoms. The largest absolute Gasteiger partial charge is 0.335 e. The molecule has 0 saturated heterocycles. The van der Waals surface area contributed by atoms with Crippen LogP contribution in [0, 0.1) is 0 Å². The van der Waals surface area contributed by atoms with E-state index < -0.39 is 0 Å². The third-order valence-electron chi connectivity index (χ3n) is 3.80. The van der Waals surface area contributed by atoms with Gasteiger partial charge in [0.1, 0.15) is 0 Å². The van der Waals surface area contributed by atoms with E-state index in [1.54, 1.807) is 0 Å².